The minimum absolute atomic E-state index is 0.0145. The standard InChI is InChI=1S/C12H24N2O/c1-4-12(13,5-2)10(15)14-9-11(3)7-6-8-11/h4-9,13H2,1-3H3,(H,14,15). The van der Waals surface area contributed by atoms with E-state index in [9.17, 15) is 4.79 Å². The van der Waals surface area contributed by atoms with Crippen LogP contribution in [0.2, 0.25) is 0 Å². The van der Waals surface area contributed by atoms with Crippen LogP contribution in [0, 0.1) is 5.41 Å². The van der Waals surface area contributed by atoms with Crippen LogP contribution in [0.5, 0.6) is 0 Å². The summed E-state index contributed by atoms with van der Waals surface area (Å²) in [5, 5.41) is 3.00. The molecule has 1 aliphatic carbocycles. The van der Waals surface area contributed by atoms with Gasteiger partial charge in [0, 0.05) is 6.54 Å². The van der Waals surface area contributed by atoms with E-state index < -0.39 is 5.54 Å². The topological polar surface area (TPSA) is 55.1 Å². The average Bonchev–Trinajstić information content (AvgIpc) is 2.21. The number of rotatable bonds is 5. The molecule has 0 spiro atoms. The second kappa shape index (κ2) is 4.52. The maximum atomic E-state index is 11.9. The van der Waals surface area contributed by atoms with Crippen LogP contribution >= 0.6 is 0 Å². The van der Waals surface area contributed by atoms with Gasteiger partial charge in [-0.05, 0) is 31.1 Å². The molecular formula is C12H24N2O. The van der Waals surface area contributed by atoms with E-state index in [4.69, 9.17) is 5.73 Å². The molecule has 3 heteroatoms. The summed E-state index contributed by atoms with van der Waals surface area (Å²) < 4.78 is 0. The Bertz CT molecular complexity index is 230. The summed E-state index contributed by atoms with van der Waals surface area (Å²) in [7, 11) is 0. The fourth-order valence-corrected chi connectivity index (χ4v) is 2.00. The van der Waals surface area contributed by atoms with E-state index >= 15 is 0 Å². The van der Waals surface area contributed by atoms with E-state index in [1.165, 1.54) is 19.3 Å². The summed E-state index contributed by atoms with van der Waals surface area (Å²) in [4.78, 5) is 11.9. The largest absolute Gasteiger partial charge is 0.354 e. The summed E-state index contributed by atoms with van der Waals surface area (Å²) >= 11 is 0. The highest BCUT2D eigenvalue weighted by Crippen LogP contribution is 2.39. The van der Waals surface area contributed by atoms with Gasteiger partial charge in [-0.25, -0.2) is 0 Å². The van der Waals surface area contributed by atoms with Crippen LogP contribution in [0.1, 0.15) is 52.9 Å². The van der Waals surface area contributed by atoms with Crippen molar-refractivity contribution in [2.75, 3.05) is 6.54 Å². The lowest BCUT2D eigenvalue weighted by Gasteiger charge is -2.39. The molecule has 1 amide bonds. The Morgan fingerprint density at radius 3 is 2.27 bits per heavy atom. The highest BCUT2D eigenvalue weighted by molar-refractivity contribution is 5.85. The van der Waals surface area contributed by atoms with E-state index in [1.807, 2.05) is 13.8 Å². The van der Waals surface area contributed by atoms with Crippen molar-refractivity contribution in [2.24, 2.45) is 11.1 Å². The van der Waals surface area contributed by atoms with Gasteiger partial charge in [-0.3, -0.25) is 4.79 Å². The number of amides is 1. The fourth-order valence-electron chi connectivity index (χ4n) is 2.00. The number of nitrogens with one attached hydrogen (secondary N) is 1. The van der Waals surface area contributed by atoms with Gasteiger partial charge in [0.05, 0.1) is 5.54 Å². The van der Waals surface area contributed by atoms with E-state index in [-0.39, 0.29) is 5.91 Å². The second-order valence-corrected chi connectivity index (χ2v) is 5.21. The number of hydrogen-bond acceptors (Lipinski definition) is 2. The molecule has 0 radical (unpaired) electrons. The molecule has 15 heavy (non-hydrogen) atoms. The quantitative estimate of drug-likeness (QED) is 0.730. The number of hydrogen-bond donors (Lipinski definition) is 2. The predicted molar refractivity (Wildman–Crippen MR) is 62.5 cm³/mol. The van der Waals surface area contributed by atoms with Gasteiger partial charge in [0.2, 0.25) is 5.91 Å². The molecule has 0 atom stereocenters. The Balaban J connectivity index is 2.41. The van der Waals surface area contributed by atoms with Gasteiger partial charge in [0.15, 0.2) is 0 Å². The fraction of sp³-hybridized carbons (Fsp3) is 0.917. The van der Waals surface area contributed by atoms with Crippen LogP contribution in [0.4, 0.5) is 0 Å². The van der Waals surface area contributed by atoms with Crippen molar-refractivity contribution in [1.29, 1.82) is 0 Å². The number of carbonyl (C=O) groups excluding carboxylic acids is 1. The molecule has 0 saturated heterocycles. The molecule has 0 unspecified atom stereocenters. The molecule has 0 aromatic heterocycles. The van der Waals surface area contributed by atoms with Crippen molar-refractivity contribution < 1.29 is 4.79 Å². The molecule has 0 bridgehead atoms. The Kier molecular flexibility index (Phi) is 3.77. The van der Waals surface area contributed by atoms with Crippen LogP contribution in [-0.4, -0.2) is 18.0 Å². The van der Waals surface area contributed by atoms with Crippen molar-refractivity contribution in [3.05, 3.63) is 0 Å². The van der Waals surface area contributed by atoms with Crippen molar-refractivity contribution in [1.82, 2.24) is 5.32 Å². The minimum atomic E-state index is -0.667. The SMILES string of the molecule is CCC(N)(CC)C(=O)NCC1(C)CCC1. The zero-order valence-electron chi connectivity index (χ0n) is 10.2. The van der Waals surface area contributed by atoms with E-state index in [0.717, 1.165) is 6.54 Å². The Morgan fingerprint density at radius 1 is 1.40 bits per heavy atom. The van der Waals surface area contributed by atoms with Gasteiger partial charge in [-0.2, -0.15) is 0 Å². The lowest BCUT2D eigenvalue weighted by Crippen LogP contribution is -2.55. The molecule has 0 heterocycles. The zero-order valence-corrected chi connectivity index (χ0v) is 10.2. The first-order valence-electron chi connectivity index (χ1n) is 6.03. The maximum Gasteiger partial charge on any atom is 0.240 e. The van der Waals surface area contributed by atoms with Crippen molar-refractivity contribution >= 4 is 5.91 Å². The lowest BCUT2D eigenvalue weighted by molar-refractivity contribution is -0.127. The third kappa shape index (κ3) is 2.71. The third-order valence-corrected chi connectivity index (χ3v) is 3.95. The molecule has 3 nitrogen and oxygen atoms in total. The highest BCUT2D eigenvalue weighted by atomic mass is 16.2. The van der Waals surface area contributed by atoms with Crippen LogP contribution in [0.3, 0.4) is 0 Å². The zero-order chi connectivity index (χ0) is 11.5. The van der Waals surface area contributed by atoms with Crippen molar-refractivity contribution in [3.63, 3.8) is 0 Å². The predicted octanol–water partition coefficient (Wildman–Crippen LogP) is 1.81. The first kappa shape index (κ1) is 12.5. The molecule has 0 aliphatic heterocycles. The molecular weight excluding hydrogens is 188 g/mol. The molecule has 88 valence electrons. The molecule has 0 aromatic carbocycles. The minimum Gasteiger partial charge on any atom is -0.354 e. The normalized spacial score (nSPS) is 19.5. The van der Waals surface area contributed by atoms with Crippen molar-refractivity contribution in [3.8, 4) is 0 Å². The van der Waals surface area contributed by atoms with Crippen LogP contribution in [0.15, 0.2) is 0 Å². The van der Waals surface area contributed by atoms with Crippen molar-refractivity contribution in [2.45, 2.75) is 58.4 Å². The Hall–Kier alpha value is -0.570. The summed E-state index contributed by atoms with van der Waals surface area (Å²) in [5.41, 5.74) is 5.68. The summed E-state index contributed by atoms with van der Waals surface area (Å²) in [6.45, 7) is 6.94. The maximum absolute atomic E-state index is 11.9. The van der Waals surface area contributed by atoms with Crippen LogP contribution < -0.4 is 11.1 Å². The Morgan fingerprint density at radius 2 is 1.93 bits per heavy atom. The van der Waals surface area contributed by atoms with Gasteiger partial charge in [-0.15, -0.1) is 0 Å². The van der Waals surface area contributed by atoms with Gasteiger partial charge >= 0.3 is 0 Å². The van der Waals surface area contributed by atoms with E-state index in [2.05, 4.69) is 12.2 Å². The van der Waals surface area contributed by atoms with Gasteiger partial charge < -0.3 is 11.1 Å². The van der Waals surface area contributed by atoms with Gasteiger partial charge in [-0.1, -0.05) is 27.2 Å². The summed E-state index contributed by atoms with van der Waals surface area (Å²) in [6.07, 6.45) is 5.14. The van der Waals surface area contributed by atoms with Crippen LogP contribution in [0.25, 0.3) is 0 Å². The molecule has 1 rings (SSSR count). The van der Waals surface area contributed by atoms with Crippen LogP contribution in [-0.2, 0) is 4.79 Å². The summed E-state index contributed by atoms with van der Waals surface area (Å²) in [6, 6.07) is 0. The first-order chi connectivity index (χ1) is 6.96. The monoisotopic (exact) mass is 212 g/mol. The van der Waals surface area contributed by atoms with E-state index in [0.29, 0.717) is 18.3 Å². The smallest absolute Gasteiger partial charge is 0.240 e. The average molecular weight is 212 g/mol. The van der Waals surface area contributed by atoms with E-state index in [1.54, 1.807) is 0 Å². The first-order valence-corrected chi connectivity index (χ1v) is 6.03. The highest BCUT2D eigenvalue weighted by Gasteiger charge is 2.35. The lowest BCUT2D eigenvalue weighted by atomic mass is 9.70. The molecule has 1 fully saturated rings. The molecule has 0 aromatic rings. The van der Waals surface area contributed by atoms with Gasteiger partial charge in [0.1, 0.15) is 0 Å². The third-order valence-electron chi connectivity index (χ3n) is 3.95. The molecule has 3 N–H and O–H groups in total. The van der Waals surface area contributed by atoms with Gasteiger partial charge in [0.25, 0.3) is 0 Å². The Labute approximate surface area is 92.8 Å². The number of nitrogens with two attached hydrogens (primary N) is 1. The molecule has 1 saturated carbocycles. The summed E-state index contributed by atoms with van der Waals surface area (Å²) in [5.74, 6) is 0.0145. The number of carbonyl (C=O) groups is 1. The molecule has 1 aliphatic rings. The second-order valence-electron chi connectivity index (χ2n) is 5.21.